The van der Waals surface area contributed by atoms with Gasteiger partial charge in [-0.15, -0.1) is 0 Å². The second-order valence-corrected chi connectivity index (χ2v) is 6.09. The fraction of sp³-hybridized carbons (Fsp3) is 0.143. The predicted molar refractivity (Wildman–Crippen MR) is 99.4 cm³/mol. The zero-order chi connectivity index (χ0) is 17.1. The molecule has 0 spiro atoms. The van der Waals surface area contributed by atoms with Crippen LogP contribution in [0.3, 0.4) is 0 Å². The van der Waals surface area contributed by atoms with E-state index in [1.165, 1.54) is 5.56 Å². The highest BCUT2D eigenvalue weighted by molar-refractivity contribution is 5.94. The Labute approximate surface area is 147 Å². The second kappa shape index (κ2) is 6.77. The lowest BCUT2D eigenvalue weighted by Gasteiger charge is -2.19. The first-order chi connectivity index (χ1) is 12.3. The molecule has 0 unspecified atom stereocenters. The number of anilines is 1. The fourth-order valence-corrected chi connectivity index (χ4v) is 3.29. The predicted octanol–water partition coefficient (Wildman–Crippen LogP) is 4.02. The molecule has 0 bridgehead atoms. The molecule has 1 N–H and O–H groups in total. The number of nitrogens with zero attached hydrogens (tertiary/aromatic N) is 2. The van der Waals surface area contributed by atoms with Gasteiger partial charge in [0.05, 0.1) is 0 Å². The van der Waals surface area contributed by atoms with Gasteiger partial charge in [0, 0.05) is 36.7 Å². The molecule has 0 fully saturated rings. The lowest BCUT2D eigenvalue weighted by Crippen LogP contribution is -2.38. The van der Waals surface area contributed by atoms with E-state index < -0.39 is 0 Å². The van der Waals surface area contributed by atoms with Crippen molar-refractivity contribution in [1.82, 2.24) is 10.3 Å². The van der Waals surface area contributed by atoms with Crippen LogP contribution in [0.1, 0.15) is 11.1 Å². The van der Waals surface area contributed by atoms with Crippen molar-refractivity contribution in [3.63, 3.8) is 0 Å². The van der Waals surface area contributed by atoms with Crippen LogP contribution in [-0.4, -0.2) is 17.6 Å². The molecule has 4 heteroatoms. The normalized spacial score (nSPS) is 12.7. The van der Waals surface area contributed by atoms with Gasteiger partial charge in [0.2, 0.25) is 0 Å². The molecule has 0 atom stereocenters. The number of urea groups is 1. The van der Waals surface area contributed by atoms with Gasteiger partial charge >= 0.3 is 6.03 Å². The summed E-state index contributed by atoms with van der Waals surface area (Å²) >= 11 is 0. The quantitative estimate of drug-likeness (QED) is 0.789. The van der Waals surface area contributed by atoms with Crippen LogP contribution in [-0.2, 0) is 13.0 Å². The first-order valence-electron chi connectivity index (χ1n) is 8.44. The molecular weight excluding hydrogens is 310 g/mol. The molecule has 4 nitrogen and oxygen atoms in total. The summed E-state index contributed by atoms with van der Waals surface area (Å²) in [5.41, 5.74) is 5.47. The monoisotopic (exact) mass is 329 g/mol. The van der Waals surface area contributed by atoms with E-state index in [2.05, 4.69) is 22.4 Å². The Balaban J connectivity index is 1.50. The number of carbonyl (C=O) groups excluding carboxylic acids is 1. The van der Waals surface area contributed by atoms with E-state index in [0.717, 1.165) is 35.3 Å². The van der Waals surface area contributed by atoms with E-state index in [1.807, 2.05) is 59.6 Å². The van der Waals surface area contributed by atoms with Crippen LogP contribution >= 0.6 is 0 Å². The van der Waals surface area contributed by atoms with Crippen molar-refractivity contribution >= 4 is 11.7 Å². The molecular formula is C21H19N3O. The largest absolute Gasteiger partial charge is 0.334 e. The summed E-state index contributed by atoms with van der Waals surface area (Å²) in [7, 11) is 0. The summed E-state index contributed by atoms with van der Waals surface area (Å²) in [5, 5.41) is 3.06. The highest BCUT2D eigenvalue weighted by Crippen LogP contribution is 2.27. The van der Waals surface area contributed by atoms with Gasteiger partial charge in [-0.2, -0.15) is 0 Å². The number of carbonyl (C=O) groups is 1. The van der Waals surface area contributed by atoms with Gasteiger partial charge in [-0.3, -0.25) is 9.88 Å². The van der Waals surface area contributed by atoms with Gasteiger partial charge in [0.1, 0.15) is 0 Å². The maximum absolute atomic E-state index is 12.6. The van der Waals surface area contributed by atoms with E-state index in [1.54, 1.807) is 6.20 Å². The number of rotatable bonds is 3. The highest BCUT2D eigenvalue weighted by Gasteiger charge is 2.23. The first kappa shape index (κ1) is 15.4. The SMILES string of the molecule is O=C(NCc1ccccc1-c1cccnc1)N1CCc2ccccc21. The van der Waals surface area contributed by atoms with E-state index in [0.29, 0.717) is 6.54 Å². The maximum Gasteiger partial charge on any atom is 0.322 e. The average Bonchev–Trinajstić information content (AvgIpc) is 3.11. The van der Waals surface area contributed by atoms with Gasteiger partial charge in [0.15, 0.2) is 0 Å². The Morgan fingerprint density at radius 3 is 2.76 bits per heavy atom. The van der Waals surface area contributed by atoms with Crippen molar-refractivity contribution in [1.29, 1.82) is 0 Å². The number of aromatic nitrogens is 1. The zero-order valence-corrected chi connectivity index (χ0v) is 13.9. The van der Waals surface area contributed by atoms with Crippen molar-refractivity contribution in [2.45, 2.75) is 13.0 Å². The average molecular weight is 329 g/mol. The molecule has 2 amide bonds. The molecule has 0 aliphatic carbocycles. The van der Waals surface area contributed by atoms with E-state index in [4.69, 9.17) is 0 Å². The molecule has 0 radical (unpaired) electrons. The van der Waals surface area contributed by atoms with E-state index in [-0.39, 0.29) is 6.03 Å². The minimum Gasteiger partial charge on any atom is -0.334 e. The van der Waals surface area contributed by atoms with Gasteiger partial charge in [-0.25, -0.2) is 4.79 Å². The lowest BCUT2D eigenvalue weighted by atomic mass is 10.0. The number of fused-ring (bicyclic) bond motifs is 1. The summed E-state index contributed by atoms with van der Waals surface area (Å²) in [5.74, 6) is 0. The van der Waals surface area contributed by atoms with Gasteiger partial charge < -0.3 is 5.32 Å². The van der Waals surface area contributed by atoms with Gasteiger partial charge in [0.25, 0.3) is 0 Å². The van der Waals surface area contributed by atoms with Crippen molar-refractivity contribution in [3.05, 3.63) is 84.2 Å². The summed E-state index contributed by atoms with van der Waals surface area (Å²) in [6, 6.07) is 20.1. The Kier molecular flexibility index (Phi) is 4.17. The van der Waals surface area contributed by atoms with Crippen LogP contribution in [0.5, 0.6) is 0 Å². The van der Waals surface area contributed by atoms with Crippen LogP contribution < -0.4 is 10.2 Å². The molecule has 2 heterocycles. The molecule has 0 saturated heterocycles. The van der Waals surface area contributed by atoms with E-state index >= 15 is 0 Å². The number of nitrogens with one attached hydrogen (secondary N) is 1. The minimum absolute atomic E-state index is 0.0501. The summed E-state index contributed by atoms with van der Waals surface area (Å²) in [4.78, 5) is 18.6. The Morgan fingerprint density at radius 2 is 1.88 bits per heavy atom. The maximum atomic E-state index is 12.6. The van der Waals surface area contributed by atoms with Crippen molar-refractivity contribution in [3.8, 4) is 11.1 Å². The number of hydrogen-bond acceptors (Lipinski definition) is 2. The van der Waals surface area contributed by atoms with Crippen LogP contribution in [0, 0.1) is 0 Å². The second-order valence-electron chi connectivity index (χ2n) is 6.09. The topological polar surface area (TPSA) is 45.2 Å². The van der Waals surface area contributed by atoms with Crippen LogP contribution in [0.4, 0.5) is 10.5 Å². The number of para-hydroxylation sites is 1. The van der Waals surface area contributed by atoms with Gasteiger partial charge in [-0.05, 0) is 35.2 Å². The summed E-state index contributed by atoms with van der Waals surface area (Å²) < 4.78 is 0. The Morgan fingerprint density at radius 1 is 1.04 bits per heavy atom. The molecule has 1 aliphatic rings. The molecule has 0 saturated carbocycles. The van der Waals surface area contributed by atoms with E-state index in [9.17, 15) is 4.79 Å². The van der Waals surface area contributed by atoms with Crippen molar-refractivity contribution < 1.29 is 4.79 Å². The molecule has 4 rings (SSSR count). The third-order valence-electron chi connectivity index (χ3n) is 4.55. The van der Waals surface area contributed by atoms with Crippen LogP contribution in [0.15, 0.2) is 73.1 Å². The standard InChI is InChI=1S/C21H19N3O/c25-21(24-13-11-16-6-2-4-10-20(16)24)23-15-18-7-1-3-9-19(18)17-8-5-12-22-14-17/h1-10,12,14H,11,13,15H2,(H,23,25). The summed E-state index contributed by atoms with van der Waals surface area (Å²) in [6.07, 6.45) is 4.52. The summed E-state index contributed by atoms with van der Waals surface area (Å²) in [6.45, 7) is 1.22. The highest BCUT2D eigenvalue weighted by atomic mass is 16.2. The van der Waals surface area contributed by atoms with Crippen molar-refractivity contribution in [2.24, 2.45) is 0 Å². The lowest BCUT2D eigenvalue weighted by molar-refractivity contribution is 0.246. The number of benzene rings is 2. The smallest absolute Gasteiger partial charge is 0.322 e. The molecule has 3 aromatic rings. The third-order valence-corrected chi connectivity index (χ3v) is 4.55. The molecule has 1 aromatic heterocycles. The fourth-order valence-electron chi connectivity index (χ4n) is 3.29. The zero-order valence-electron chi connectivity index (χ0n) is 13.9. The number of pyridine rings is 1. The van der Waals surface area contributed by atoms with Crippen LogP contribution in [0.2, 0.25) is 0 Å². The molecule has 1 aliphatic heterocycles. The third kappa shape index (κ3) is 3.11. The van der Waals surface area contributed by atoms with Crippen molar-refractivity contribution in [2.75, 3.05) is 11.4 Å². The molecule has 124 valence electrons. The number of amides is 2. The first-order valence-corrected chi connectivity index (χ1v) is 8.44. The van der Waals surface area contributed by atoms with Crippen LogP contribution in [0.25, 0.3) is 11.1 Å². The van der Waals surface area contributed by atoms with Gasteiger partial charge in [-0.1, -0.05) is 48.5 Å². The Hall–Kier alpha value is -3.14. The molecule has 2 aromatic carbocycles. The minimum atomic E-state index is -0.0501. The number of hydrogen-bond donors (Lipinski definition) is 1. The molecule has 25 heavy (non-hydrogen) atoms. The Bertz CT molecular complexity index is 892.